The van der Waals surface area contributed by atoms with E-state index < -0.39 is 6.04 Å². The summed E-state index contributed by atoms with van der Waals surface area (Å²) in [6.45, 7) is 1.46. The number of fused-ring (bicyclic) bond motifs is 1. The van der Waals surface area contributed by atoms with E-state index in [2.05, 4.69) is 15.4 Å². The summed E-state index contributed by atoms with van der Waals surface area (Å²) < 4.78 is 12.6. The molecule has 3 heterocycles. The maximum absolute atomic E-state index is 12.6. The zero-order chi connectivity index (χ0) is 21.3. The van der Waals surface area contributed by atoms with E-state index in [1.54, 1.807) is 47.7 Å². The number of nitrogens with one attached hydrogen (secondary N) is 1. The Bertz CT molecular complexity index is 1090. The molecule has 10 heteroatoms. The zero-order valence-electron chi connectivity index (χ0n) is 16.8. The summed E-state index contributed by atoms with van der Waals surface area (Å²) in [6, 6.07) is 8.74. The van der Waals surface area contributed by atoms with Gasteiger partial charge in [-0.25, -0.2) is 4.52 Å². The van der Waals surface area contributed by atoms with Crippen LogP contribution in [0.1, 0.15) is 6.92 Å². The lowest BCUT2D eigenvalue weighted by Crippen LogP contribution is -2.43. The number of hydrogen-bond acceptors (Lipinski definition) is 7. The SMILES string of the molecule is COc1cccc(OC)c1-c1ccc2nc(NC(=O)[C@@H]3CSCN3C(C)=O)nn2c1. The average Bonchev–Trinajstić information content (AvgIpc) is 3.39. The van der Waals surface area contributed by atoms with Gasteiger partial charge in [-0.3, -0.25) is 14.9 Å². The minimum atomic E-state index is -0.521. The molecule has 156 valence electrons. The van der Waals surface area contributed by atoms with E-state index >= 15 is 0 Å². The van der Waals surface area contributed by atoms with Crippen molar-refractivity contribution in [2.75, 3.05) is 31.2 Å². The van der Waals surface area contributed by atoms with E-state index in [4.69, 9.17) is 9.47 Å². The molecule has 2 amide bonds. The van der Waals surface area contributed by atoms with Gasteiger partial charge in [0.15, 0.2) is 5.65 Å². The number of thioether (sulfide) groups is 1. The van der Waals surface area contributed by atoms with Crippen LogP contribution in [0, 0.1) is 0 Å². The standard InChI is InChI=1S/C20H21N5O4S/c1-12(26)24-11-30-10-14(24)19(27)22-20-21-17-8-7-13(9-25(17)23-20)18-15(28-2)5-4-6-16(18)29-3/h4-9,14H,10-11H2,1-3H3,(H,22,23,27)/t14-/m0/s1. The van der Waals surface area contributed by atoms with Crippen LogP contribution in [0.5, 0.6) is 11.5 Å². The fourth-order valence-electron chi connectivity index (χ4n) is 3.38. The predicted octanol–water partition coefficient (Wildman–Crippen LogP) is 2.27. The fourth-order valence-corrected chi connectivity index (χ4v) is 4.60. The highest BCUT2D eigenvalue weighted by Crippen LogP contribution is 2.38. The molecule has 0 aliphatic carbocycles. The number of carbonyl (C=O) groups is 2. The van der Waals surface area contributed by atoms with Crippen molar-refractivity contribution in [2.24, 2.45) is 0 Å². The van der Waals surface area contributed by atoms with Crippen LogP contribution in [0.4, 0.5) is 5.95 Å². The van der Waals surface area contributed by atoms with Crippen LogP contribution in [0.25, 0.3) is 16.8 Å². The van der Waals surface area contributed by atoms with Gasteiger partial charge in [-0.15, -0.1) is 16.9 Å². The quantitative estimate of drug-likeness (QED) is 0.667. The van der Waals surface area contributed by atoms with Crippen molar-refractivity contribution in [1.82, 2.24) is 19.5 Å². The molecule has 0 spiro atoms. The zero-order valence-corrected chi connectivity index (χ0v) is 17.6. The maximum atomic E-state index is 12.6. The molecule has 1 aliphatic heterocycles. The molecule has 0 unspecified atom stereocenters. The van der Waals surface area contributed by atoms with E-state index in [0.29, 0.717) is 28.8 Å². The largest absolute Gasteiger partial charge is 0.496 e. The van der Waals surface area contributed by atoms with Gasteiger partial charge >= 0.3 is 0 Å². The van der Waals surface area contributed by atoms with Gasteiger partial charge in [0.25, 0.3) is 0 Å². The molecular formula is C20H21N5O4S. The number of carbonyl (C=O) groups excluding carboxylic acids is 2. The number of aromatic nitrogens is 3. The molecule has 1 atom stereocenters. The molecule has 4 rings (SSSR count). The van der Waals surface area contributed by atoms with Gasteiger partial charge in [-0.1, -0.05) is 6.07 Å². The number of anilines is 1. The van der Waals surface area contributed by atoms with E-state index in [0.717, 1.165) is 11.1 Å². The smallest absolute Gasteiger partial charge is 0.250 e. The van der Waals surface area contributed by atoms with Crippen LogP contribution in [0.3, 0.4) is 0 Å². The van der Waals surface area contributed by atoms with Crippen molar-refractivity contribution < 1.29 is 19.1 Å². The average molecular weight is 427 g/mol. The van der Waals surface area contributed by atoms with Crippen molar-refractivity contribution >= 4 is 35.2 Å². The Morgan fingerprint density at radius 3 is 2.57 bits per heavy atom. The van der Waals surface area contributed by atoms with Gasteiger partial charge in [0.2, 0.25) is 17.8 Å². The predicted molar refractivity (Wildman–Crippen MR) is 114 cm³/mol. The second-order valence-electron chi connectivity index (χ2n) is 6.69. The van der Waals surface area contributed by atoms with E-state index in [9.17, 15) is 9.59 Å². The molecule has 0 bridgehead atoms. The number of benzene rings is 1. The number of pyridine rings is 1. The molecule has 1 fully saturated rings. The molecule has 1 saturated heterocycles. The highest BCUT2D eigenvalue weighted by atomic mass is 32.2. The normalized spacial score (nSPS) is 16.0. The lowest BCUT2D eigenvalue weighted by atomic mass is 10.1. The van der Waals surface area contributed by atoms with Gasteiger partial charge < -0.3 is 14.4 Å². The number of hydrogen-bond donors (Lipinski definition) is 1. The first-order valence-electron chi connectivity index (χ1n) is 9.25. The first kappa shape index (κ1) is 20.0. The summed E-state index contributed by atoms with van der Waals surface area (Å²) in [4.78, 5) is 30.2. The van der Waals surface area contributed by atoms with Gasteiger partial charge in [0.05, 0.1) is 25.7 Å². The van der Waals surface area contributed by atoms with E-state index in [-0.39, 0.29) is 17.8 Å². The fraction of sp³-hybridized carbons (Fsp3) is 0.300. The lowest BCUT2D eigenvalue weighted by Gasteiger charge is -2.20. The second kappa shape index (κ2) is 8.23. The topological polar surface area (TPSA) is 98.1 Å². The molecule has 1 N–H and O–H groups in total. The lowest BCUT2D eigenvalue weighted by molar-refractivity contribution is -0.134. The summed E-state index contributed by atoms with van der Waals surface area (Å²) >= 11 is 1.54. The minimum absolute atomic E-state index is 0.126. The molecule has 2 aromatic heterocycles. The van der Waals surface area contributed by atoms with Gasteiger partial charge in [0.1, 0.15) is 17.5 Å². The maximum Gasteiger partial charge on any atom is 0.250 e. The van der Waals surface area contributed by atoms with Crippen LogP contribution in [0.15, 0.2) is 36.5 Å². The summed E-state index contributed by atoms with van der Waals surface area (Å²) in [5.74, 6) is 2.17. The third kappa shape index (κ3) is 3.65. The molecular weight excluding hydrogens is 406 g/mol. The highest BCUT2D eigenvalue weighted by Gasteiger charge is 2.33. The van der Waals surface area contributed by atoms with Gasteiger partial charge in [0, 0.05) is 24.4 Å². The Morgan fingerprint density at radius 2 is 1.90 bits per heavy atom. The minimum Gasteiger partial charge on any atom is -0.496 e. The molecule has 9 nitrogen and oxygen atoms in total. The number of methoxy groups -OCH3 is 2. The summed E-state index contributed by atoms with van der Waals surface area (Å²) in [5.41, 5.74) is 2.20. The monoisotopic (exact) mass is 427 g/mol. The van der Waals surface area contributed by atoms with Crippen molar-refractivity contribution in [3.63, 3.8) is 0 Å². The molecule has 0 saturated carbocycles. The first-order valence-corrected chi connectivity index (χ1v) is 10.4. The van der Waals surface area contributed by atoms with Crippen LogP contribution in [-0.4, -0.2) is 63.2 Å². The molecule has 3 aromatic rings. The molecule has 30 heavy (non-hydrogen) atoms. The number of ether oxygens (including phenoxy) is 2. The highest BCUT2D eigenvalue weighted by molar-refractivity contribution is 7.99. The third-order valence-corrected chi connectivity index (χ3v) is 5.88. The third-order valence-electron chi connectivity index (χ3n) is 4.87. The van der Waals surface area contributed by atoms with Crippen molar-refractivity contribution in [3.8, 4) is 22.6 Å². The van der Waals surface area contributed by atoms with Crippen molar-refractivity contribution in [3.05, 3.63) is 36.5 Å². The molecule has 0 radical (unpaired) electrons. The Morgan fingerprint density at radius 1 is 1.17 bits per heavy atom. The van der Waals surface area contributed by atoms with Crippen LogP contribution in [-0.2, 0) is 9.59 Å². The molecule has 1 aliphatic rings. The second-order valence-corrected chi connectivity index (χ2v) is 7.69. The van der Waals surface area contributed by atoms with Gasteiger partial charge in [-0.2, -0.15) is 4.98 Å². The van der Waals surface area contributed by atoms with Crippen LogP contribution >= 0.6 is 11.8 Å². The number of nitrogens with zero attached hydrogens (tertiary/aromatic N) is 4. The summed E-state index contributed by atoms with van der Waals surface area (Å²) in [6.07, 6.45) is 1.80. The summed E-state index contributed by atoms with van der Waals surface area (Å²) in [5, 5.41) is 7.10. The summed E-state index contributed by atoms with van der Waals surface area (Å²) in [7, 11) is 3.21. The van der Waals surface area contributed by atoms with Gasteiger partial charge in [-0.05, 0) is 24.3 Å². The Hall–Kier alpha value is -3.27. The Labute approximate surface area is 177 Å². The number of rotatable bonds is 5. The van der Waals surface area contributed by atoms with Crippen molar-refractivity contribution in [1.29, 1.82) is 0 Å². The van der Waals surface area contributed by atoms with Crippen molar-refractivity contribution in [2.45, 2.75) is 13.0 Å². The first-order chi connectivity index (χ1) is 14.5. The molecule has 1 aromatic carbocycles. The van der Waals surface area contributed by atoms with Crippen LogP contribution < -0.4 is 14.8 Å². The Balaban J connectivity index is 1.63. The van der Waals surface area contributed by atoms with E-state index in [1.807, 2.05) is 24.3 Å². The Kier molecular flexibility index (Phi) is 5.49. The number of amides is 2. The van der Waals surface area contributed by atoms with Crippen LogP contribution in [0.2, 0.25) is 0 Å². The van der Waals surface area contributed by atoms with E-state index in [1.165, 1.54) is 6.92 Å².